The number of benzene rings is 2. The van der Waals surface area contributed by atoms with E-state index in [0.717, 1.165) is 22.9 Å². The van der Waals surface area contributed by atoms with E-state index in [9.17, 15) is 9.59 Å². The van der Waals surface area contributed by atoms with Crippen LogP contribution in [-0.2, 0) is 9.59 Å². The standard InChI is InChI=1S/C18H20N2O2S2/c21-17(19-15-7-3-1-4-8-15)11-13-23-24-14-12-18(22)20-16-9-5-2-6-10-16/h1-10H,11-14H2,(H,19,21)(H,20,22). The van der Waals surface area contributed by atoms with Crippen molar-refractivity contribution in [3.05, 3.63) is 60.7 Å². The van der Waals surface area contributed by atoms with Crippen LogP contribution in [0.25, 0.3) is 0 Å². The fraction of sp³-hybridized carbons (Fsp3) is 0.222. The highest BCUT2D eigenvalue weighted by atomic mass is 33.1. The monoisotopic (exact) mass is 360 g/mol. The molecule has 4 nitrogen and oxygen atoms in total. The van der Waals surface area contributed by atoms with Gasteiger partial charge in [-0.3, -0.25) is 9.59 Å². The summed E-state index contributed by atoms with van der Waals surface area (Å²) in [6.07, 6.45) is 0.922. The van der Waals surface area contributed by atoms with Crippen LogP contribution in [-0.4, -0.2) is 23.3 Å². The Kier molecular flexibility index (Phi) is 8.27. The Balaban J connectivity index is 1.50. The Morgan fingerprint density at radius 2 is 1.04 bits per heavy atom. The number of amides is 2. The van der Waals surface area contributed by atoms with Crippen molar-refractivity contribution in [3.63, 3.8) is 0 Å². The molecule has 2 amide bonds. The van der Waals surface area contributed by atoms with Crippen molar-refractivity contribution in [3.8, 4) is 0 Å². The summed E-state index contributed by atoms with van der Waals surface area (Å²) in [5, 5.41) is 5.71. The van der Waals surface area contributed by atoms with Gasteiger partial charge in [-0.1, -0.05) is 58.0 Å². The van der Waals surface area contributed by atoms with Gasteiger partial charge in [0.2, 0.25) is 11.8 Å². The molecule has 0 aliphatic carbocycles. The van der Waals surface area contributed by atoms with E-state index in [2.05, 4.69) is 10.6 Å². The molecule has 0 bridgehead atoms. The van der Waals surface area contributed by atoms with Crippen molar-refractivity contribution in [2.45, 2.75) is 12.8 Å². The maximum Gasteiger partial charge on any atom is 0.225 e. The Bertz CT molecular complexity index is 578. The number of hydrogen-bond acceptors (Lipinski definition) is 4. The quantitative estimate of drug-likeness (QED) is 0.513. The highest BCUT2D eigenvalue weighted by Gasteiger charge is 2.04. The highest BCUT2D eigenvalue weighted by Crippen LogP contribution is 2.23. The van der Waals surface area contributed by atoms with Crippen LogP contribution < -0.4 is 10.6 Å². The number of carbonyl (C=O) groups is 2. The molecule has 2 rings (SSSR count). The summed E-state index contributed by atoms with van der Waals surface area (Å²) in [7, 11) is 3.23. The van der Waals surface area contributed by atoms with E-state index in [0.29, 0.717) is 12.8 Å². The van der Waals surface area contributed by atoms with Crippen LogP contribution in [0.5, 0.6) is 0 Å². The first-order valence-corrected chi connectivity index (χ1v) is 10.2. The normalized spacial score (nSPS) is 10.2. The van der Waals surface area contributed by atoms with Crippen LogP contribution in [0.2, 0.25) is 0 Å². The lowest BCUT2D eigenvalue weighted by atomic mass is 10.3. The summed E-state index contributed by atoms with van der Waals surface area (Å²) < 4.78 is 0. The van der Waals surface area contributed by atoms with Gasteiger partial charge in [0.1, 0.15) is 0 Å². The van der Waals surface area contributed by atoms with Crippen molar-refractivity contribution >= 4 is 44.8 Å². The van der Waals surface area contributed by atoms with Gasteiger partial charge in [-0.15, -0.1) is 0 Å². The van der Waals surface area contributed by atoms with Crippen LogP contribution in [0.3, 0.4) is 0 Å². The largest absolute Gasteiger partial charge is 0.326 e. The van der Waals surface area contributed by atoms with Crippen molar-refractivity contribution in [2.75, 3.05) is 22.1 Å². The average Bonchev–Trinajstić information content (AvgIpc) is 2.60. The fourth-order valence-corrected chi connectivity index (χ4v) is 3.86. The van der Waals surface area contributed by atoms with Crippen LogP contribution in [0, 0.1) is 0 Å². The molecule has 0 unspecified atom stereocenters. The van der Waals surface area contributed by atoms with E-state index in [4.69, 9.17) is 0 Å². The smallest absolute Gasteiger partial charge is 0.225 e. The molecule has 2 aromatic carbocycles. The van der Waals surface area contributed by atoms with Gasteiger partial charge in [0, 0.05) is 35.7 Å². The van der Waals surface area contributed by atoms with Gasteiger partial charge in [-0.2, -0.15) is 0 Å². The number of para-hydroxylation sites is 2. The fourth-order valence-electron chi connectivity index (χ4n) is 1.88. The van der Waals surface area contributed by atoms with E-state index >= 15 is 0 Å². The summed E-state index contributed by atoms with van der Waals surface area (Å²) >= 11 is 0. The maximum absolute atomic E-state index is 11.8. The lowest BCUT2D eigenvalue weighted by molar-refractivity contribution is -0.116. The molecule has 0 saturated carbocycles. The zero-order valence-corrected chi connectivity index (χ0v) is 14.9. The summed E-state index contributed by atoms with van der Waals surface area (Å²) in [5.74, 6) is 1.47. The molecule has 0 aromatic heterocycles. The van der Waals surface area contributed by atoms with Crippen molar-refractivity contribution in [1.29, 1.82) is 0 Å². The summed E-state index contributed by atoms with van der Waals surface area (Å²) in [6.45, 7) is 0. The number of rotatable bonds is 9. The minimum Gasteiger partial charge on any atom is -0.326 e. The van der Waals surface area contributed by atoms with Crippen LogP contribution in [0.15, 0.2) is 60.7 Å². The van der Waals surface area contributed by atoms with Crippen molar-refractivity contribution in [1.82, 2.24) is 0 Å². The van der Waals surface area contributed by atoms with Crippen molar-refractivity contribution in [2.24, 2.45) is 0 Å². The molecule has 0 saturated heterocycles. The van der Waals surface area contributed by atoms with E-state index in [1.807, 2.05) is 60.7 Å². The van der Waals surface area contributed by atoms with Gasteiger partial charge in [0.15, 0.2) is 0 Å². The lowest BCUT2D eigenvalue weighted by Crippen LogP contribution is -2.12. The third-order valence-electron chi connectivity index (χ3n) is 3.02. The average molecular weight is 361 g/mol. The SMILES string of the molecule is O=C(CCSSCCC(=O)Nc1ccccc1)Nc1ccccc1. The second-order valence-corrected chi connectivity index (χ2v) is 7.67. The van der Waals surface area contributed by atoms with Gasteiger partial charge >= 0.3 is 0 Å². The molecule has 2 aromatic rings. The first-order chi connectivity index (χ1) is 11.7. The third-order valence-corrected chi connectivity index (χ3v) is 5.43. The molecular formula is C18H20N2O2S2. The van der Waals surface area contributed by atoms with E-state index in [1.54, 1.807) is 21.6 Å². The van der Waals surface area contributed by atoms with Gasteiger partial charge in [0.05, 0.1) is 0 Å². The number of nitrogens with one attached hydrogen (secondary N) is 2. The predicted octanol–water partition coefficient (Wildman–Crippen LogP) is 4.43. The predicted molar refractivity (Wildman–Crippen MR) is 104 cm³/mol. The Hall–Kier alpha value is -1.92. The minimum absolute atomic E-state index is 0.0103. The topological polar surface area (TPSA) is 58.2 Å². The molecule has 0 heterocycles. The molecule has 2 N–H and O–H groups in total. The number of anilines is 2. The number of hydrogen-bond donors (Lipinski definition) is 2. The zero-order chi connectivity index (χ0) is 17.0. The Morgan fingerprint density at radius 3 is 1.42 bits per heavy atom. The number of carbonyl (C=O) groups excluding carboxylic acids is 2. The zero-order valence-electron chi connectivity index (χ0n) is 13.2. The van der Waals surface area contributed by atoms with Gasteiger partial charge < -0.3 is 10.6 Å². The van der Waals surface area contributed by atoms with Crippen LogP contribution in [0.1, 0.15) is 12.8 Å². The van der Waals surface area contributed by atoms with Gasteiger partial charge in [-0.05, 0) is 24.3 Å². The molecule has 126 valence electrons. The summed E-state index contributed by atoms with van der Waals surface area (Å²) in [6, 6.07) is 18.8. The highest BCUT2D eigenvalue weighted by molar-refractivity contribution is 8.76. The summed E-state index contributed by atoms with van der Waals surface area (Å²) in [5.41, 5.74) is 1.63. The molecule has 0 radical (unpaired) electrons. The van der Waals surface area contributed by atoms with E-state index in [1.165, 1.54) is 0 Å². The molecule has 0 spiro atoms. The van der Waals surface area contributed by atoms with Gasteiger partial charge in [0.25, 0.3) is 0 Å². The Labute approximate surface area is 150 Å². The van der Waals surface area contributed by atoms with Gasteiger partial charge in [-0.25, -0.2) is 0 Å². The third kappa shape index (κ3) is 7.57. The first kappa shape index (κ1) is 18.4. The molecule has 6 heteroatoms. The first-order valence-electron chi connectivity index (χ1n) is 7.68. The second kappa shape index (κ2) is 10.8. The molecule has 0 aliphatic rings. The molecule has 0 atom stereocenters. The molecule has 0 aliphatic heterocycles. The second-order valence-electron chi connectivity index (χ2n) is 4.97. The summed E-state index contributed by atoms with van der Waals surface area (Å²) in [4.78, 5) is 23.5. The lowest BCUT2D eigenvalue weighted by Gasteiger charge is -2.05. The minimum atomic E-state index is 0.0103. The molecule has 0 fully saturated rings. The van der Waals surface area contributed by atoms with Crippen molar-refractivity contribution < 1.29 is 9.59 Å². The van der Waals surface area contributed by atoms with E-state index < -0.39 is 0 Å². The Morgan fingerprint density at radius 1 is 0.667 bits per heavy atom. The van der Waals surface area contributed by atoms with Crippen LogP contribution >= 0.6 is 21.6 Å². The molecular weight excluding hydrogens is 340 g/mol. The molecule has 24 heavy (non-hydrogen) atoms. The van der Waals surface area contributed by atoms with Crippen LogP contribution in [0.4, 0.5) is 11.4 Å². The maximum atomic E-state index is 11.8. The van der Waals surface area contributed by atoms with E-state index in [-0.39, 0.29) is 11.8 Å².